The van der Waals surface area contributed by atoms with Gasteiger partial charge in [-0.05, 0) is 35.7 Å². The summed E-state index contributed by atoms with van der Waals surface area (Å²) in [6, 6.07) is 10.2. The van der Waals surface area contributed by atoms with E-state index in [0.29, 0.717) is 11.3 Å². The minimum Gasteiger partial charge on any atom is -0.497 e. The van der Waals surface area contributed by atoms with Crippen LogP contribution in [-0.2, 0) is 16.4 Å². The lowest BCUT2D eigenvalue weighted by Crippen LogP contribution is -2.29. The zero-order valence-electron chi connectivity index (χ0n) is 15.6. The Morgan fingerprint density at radius 2 is 1.96 bits per heavy atom. The van der Waals surface area contributed by atoms with Gasteiger partial charge in [-0.1, -0.05) is 12.1 Å². The predicted molar refractivity (Wildman–Crippen MR) is 103 cm³/mol. The minimum atomic E-state index is -3.85. The van der Waals surface area contributed by atoms with Crippen LogP contribution in [0.3, 0.4) is 0 Å². The molecule has 2 aromatic carbocycles. The number of fused-ring (bicyclic) bond motifs is 1. The number of hydrogen-bond acceptors (Lipinski definition) is 6. The molecule has 0 spiro atoms. The van der Waals surface area contributed by atoms with Crippen LogP contribution in [0, 0.1) is 0 Å². The topological polar surface area (TPSA) is 88.1 Å². The average molecular weight is 392 g/mol. The lowest BCUT2D eigenvalue weighted by atomic mass is 10.0. The summed E-state index contributed by atoms with van der Waals surface area (Å²) in [6.45, 7) is 0.810. The number of rotatable bonds is 7. The zero-order chi connectivity index (χ0) is 19.6. The van der Waals surface area contributed by atoms with Crippen LogP contribution in [0.5, 0.6) is 11.5 Å². The Balaban J connectivity index is 1.74. The fourth-order valence-electron chi connectivity index (χ4n) is 3.18. The van der Waals surface area contributed by atoms with Crippen molar-refractivity contribution in [3.05, 3.63) is 47.5 Å². The maximum absolute atomic E-state index is 12.6. The molecule has 1 heterocycles. The molecule has 0 saturated heterocycles. The monoisotopic (exact) mass is 392 g/mol. The molecule has 2 aromatic rings. The van der Waals surface area contributed by atoms with Crippen molar-refractivity contribution in [1.29, 1.82) is 0 Å². The van der Waals surface area contributed by atoms with E-state index in [2.05, 4.69) is 9.62 Å². The molecular weight excluding hydrogens is 368 g/mol. The van der Waals surface area contributed by atoms with Crippen molar-refractivity contribution in [1.82, 2.24) is 4.72 Å². The molecule has 0 saturated carbocycles. The van der Waals surface area contributed by atoms with Crippen molar-refractivity contribution in [2.24, 2.45) is 0 Å². The summed E-state index contributed by atoms with van der Waals surface area (Å²) in [4.78, 5) is 2.15. The second-order valence-corrected chi connectivity index (χ2v) is 8.18. The molecule has 0 aromatic heterocycles. The van der Waals surface area contributed by atoms with Crippen LogP contribution in [0.25, 0.3) is 0 Å². The minimum absolute atomic E-state index is 0.00595. The number of nitrogens with one attached hydrogen (secondary N) is 1. The number of hydrogen-bond donors (Lipinski definition) is 2. The highest BCUT2D eigenvalue weighted by molar-refractivity contribution is 7.89. The van der Waals surface area contributed by atoms with E-state index in [4.69, 9.17) is 9.47 Å². The Morgan fingerprint density at radius 3 is 2.67 bits per heavy atom. The van der Waals surface area contributed by atoms with Crippen molar-refractivity contribution in [3.8, 4) is 11.5 Å². The quantitative estimate of drug-likeness (QED) is 0.746. The van der Waals surface area contributed by atoms with Crippen LogP contribution in [0.4, 0.5) is 5.69 Å². The number of methoxy groups -OCH3 is 2. The van der Waals surface area contributed by atoms with Gasteiger partial charge in [0.25, 0.3) is 0 Å². The number of likely N-dealkylation sites (N-methyl/N-ethyl adjacent to an activating group) is 1. The maximum Gasteiger partial charge on any atom is 0.244 e. The highest BCUT2D eigenvalue weighted by Gasteiger charge is 2.23. The molecule has 3 rings (SSSR count). The van der Waals surface area contributed by atoms with Gasteiger partial charge in [0.05, 0.1) is 20.3 Å². The third kappa shape index (κ3) is 4.02. The molecule has 8 heteroatoms. The maximum atomic E-state index is 12.6. The largest absolute Gasteiger partial charge is 0.497 e. The molecule has 0 aliphatic carbocycles. The summed E-state index contributed by atoms with van der Waals surface area (Å²) < 4.78 is 38.0. The number of ether oxygens (including phenoxy) is 2. The first-order valence-electron chi connectivity index (χ1n) is 8.59. The molecule has 1 unspecified atom stereocenters. The number of sulfonamides is 1. The van der Waals surface area contributed by atoms with Gasteiger partial charge in [-0.25, -0.2) is 13.1 Å². The van der Waals surface area contributed by atoms with Crippen LogP contribution in [0.2, 0.25) is 0 Å². The highest BCUT2D eigenvalue weighted by atomic mass is 32.2. The summed E-state index contributed by atoms with van der Waals surface area (Å²) in [5.41, 5.74) is 3.00. The fraction of sp³-hybridized carbons (Fsp3) is 0.368. The second kappa shape index (κ2) is 7.75. The normalized spacial score (nSPS) is 14.7. The van der Waals surface area contributed by atoms with Gasteiger partial charge < -0.3 is 19.5 Å². The SMILES string of the molecule is COc1ccc(S(=O)(=O)NCC(O)c2ccc3c(c2)CCN3C)c(OC)c1. The third-order valence-corrected chi connectivity index (χ3v) is 6.21. The van der Waals surface area contributed by atoms with E-state index in [9.17, 15) is 13.5 Å². The molecule has 1 aliphatic heterocycles. The Bertz CT molecular complexity index is 930. The zero-order valence-corrected chi connectivity index (χ0v) is 16.4. The first-order chi connectivity index (χ1) is 12.9. The highest BCUT2D eigenvalue weighted by Crippen LogP contribution is 2.30. The van der Waals surface area contributed by atoms with Crippen LogP contribution in [-0.4, -0.2) is 47.9 Å². The second-order valence-electron chi connectivity index (χ2n) is 6.44. The summed E-state index contributed by atoms with van der Waals surface area (Å²) in [5.74, 6) is 0.672. The molecule has 7 nitrogen and oxygen atoms in total. The molecule has 2 N–H and O–H groups in total. The summed E-state index contributed by atoms with van der Waals surface area (Å²) in [7, 11) is 1.06. The van der Waals surface area contributed by atoms with Crippen molar-refractivity contribution in [2.75, 3.05) is 39.3 Å². The lowest BCUT2D eigenvalue weighted by Gasteiger charge is -2.16. The number of nitrogens with zero attached hydrogens (tertiary/aromatic N) is 1. The van der Waals surface area contributed by atoms with Gasteiger partial charge in [0, 0.05) is 31.9 Å². The van der Waals surface area contributed by atoms with E-state index in [0.717, 1.165) is 24.2 Å². The van der Waals surface area contributed by atoms with E-state index in [1.165, 1.54) is 26.4 Å². The number of aliphatic hydroxyl groups excluding tert-OH is 1. The summed E-state index contributed by atoms with van der Waals surface area (Å²) in [5, 5.41) is 10.4. The molecule has 0 radical (unpaired) electrons. The lowest BCUT2D eigenvalue weighted by molar-refractivity contribution is 0.182. The Hall–Kier alpha value is -2.29. The van der Waals surface area contributed by atoms with Gasteiger partial charge >= 0.3 is 0 Å². The van der Waals surface area contributed by atoms with Crippen molar-refractivity contribution >= 4 is 15.7 Å². The Morgan fingerprint density at radius 1 is 1.19 bits per heavy atom. The van der Waals surface area contributed by atoms with E-state index in [1.807, 2.05) is 25.2 Å². The molecule has 0 amide bonds. The first-order valence-corrected chi connectivity index (χ1v) is 10.1. The van der Waals surface area contributed by atoms with Crippen molar-refractivity contribution in [2.45, 2.75) is 17.4 Å². The van der Waals surface area contributed by atoms with E-state index < -0.39 is 16.1 Å². The van der Waals surface area contributed by atoms with Gasteiger partial charge in [0.2, 0.25) is 10.0 Å². The van der Waals surface area contributed by atoms with Crippen LogP contribution in [0.1, 0.15) is 17.2 Å². The van der Waals surface area contributed by atoms with Gasteiger partial charge in [0.1, 0.15) is 16.4 Å². The molecule has 1 atom stereocenters. The number of aliphatic hydroxyl groups is 1. The van der Waals surface area contributed by atoms with Gasteiger partial charge in [-0.2, -0.15) is 0 Å². The molecule has 1 aliphatic rings. The smallest absolute Gasteiger partial charge is 0.244 e. The number of anilines is 1. The molecular formula is C19H24N2O5S. The van der Waals surface area contributed by atoms with Gasteiger partial charge in [0.15, 0.2) is 0 Å². The van der Waals surface area contributed by atoms with Crippen LogP contribution in [0.15, 0.2) is 41.3 Å². The molecule has 27 heavy (non-hydrogen) atoms. The van der Waals surface area contributed by atoms with Crippen molar-refractivity contribution < 1.29 is 23.0 Å². The van der Waals surface area contributed by atoms with E-state index >= 15 is 0 Å². The average Bonchev–Trinajstić information content (AvgIpc) is 3.05. The van der Waals surface area contributed by atoms with Crippen molar-refractivity contribution in [3.63, 3.8) is 0 Å². The van der Waals surface area contributed by atoms with Gasteiger partial charge in [-0.15, -0.1) is 0 Å². The van der Waals surface area contributed by atoms with E-state index in [-0.39, 0.29) is 17.2 Å². The summed E-state index contributed by atoms with van der Waals surface area (Å²) in [6.07, 6.45) is -0.0264. The Labute approximate surface area is 159 Å². The molecule has 0 fully saturated rings. The van der Waals surface area contributed by atoms with Crippen LogP contribution >= 0.6 is 0 Å². The molecule has 0 bridgehead atoms. The molecule has 146 valence electrons. The predicted octanol–water partition coefficient (Wildman–Crippen LogP) is 1.71. The third-order valence-electron chi connectivity index (χ3n) is 4.74. The summed E-state index contributed by atoms with van der Waals surface area (Å²) >= 11 is 0. The Kier molecular flexibility index (Phi) is 5.59. The fourth-order valence-corrected chi connectivity index (χ4v) is 4.36. The number of benzene rings is 2. The van der Waals surface area contributed by atoms with E-state index in [1.54, 1.807) is 6.07 Å². The van der Waals surface area contributed by atoms with Gasteiger partial charge in [-0.3, -0.25) is 0 Å². The standard InChI is InChI=1S/C19H24N2O5S/c1-21-9-8-13-10-14(4-6-16(13)21)17(22)12-20-27(23,24)19-7-5-15(25-2)11-18(19)26-3/h4-7,10-11,17,20,22H,8-9,12H2,1-3H3. The van der Waals surface area contributed by atoms with Crippen LogP contribution < -0.4 is 19.1 Å². The first kappa shape index (κ1) is 19.5.